The first-order valence-corrected chi connectivity index (χ1v) is 3.22. The molecule has 0 radical (unpaired) electrons. The minimum Gasteiger partial charge on any atom is -0.154 e. The quantitative estimate of drug-likeness (QED) is 0.503. The molecule has 1 rings (SSSR count). The second kappa shape index (κ2) is 2.27. The Morgan fingerprint density at radius 3 is 2.78 bits per heavy atom. The predicted octanol–water partition coefficient (Wildman–Crippen LogP) is 1.70. The van der Waals surface area contributed by atoms with Gasteiger partial charge in [0.15, 0.2) is 0 Å². The van der Waals surface area contributed by atoms with Crippen LogP contribution < -0.4 is 0 Å². The van der Waals surface area contributed by atoms with E-state index in [4.69, 9.17) is 0 Å². The number of hydrogen-bond donors (Lipinski definition) is 0. The third-order valence-electron chi connectivity index (χ3n) is 1.39. The highest BCUT2D eigenvalue weighted by Crippen LogP contribution is 2.12. The molecule has 0 saturated carbocycles. The molecular formula is C6H12N3+. The van der Waals surface area contributed by atoms with Crippen LogP contribution in [-0.2, 0) is 0 Å². The molecule has 0 aromatic carbocycles. The number of quaternary nitrogens is 1. The lowest BCUT2D eigenvalue weighted by molar-refractivity contribution is -0.867. The summed E-state index contributed by atoms with van der Waals surface area (Å²) < 4.78 is 0.622. The summed E-state index contributed by atoms with van der Waals surface area (Å²) in [5.74, 6) is 0. The van der Waals surface area contributed by atoms with Gasteiger partial charge in [-0.3, -0.25) is 0 Å². The van der Waals surface area contributed by atoms with Crippen LogP contribution in [0.2, 0.25) is 0 Å². The fourth-order valence-corrected chi connectivity index (χ4v) is 0.923. The van der Waals surface area contributed by atoms with Crippen molar-refractivity contribution in [3.63, 3.8) is 0 Å². The Kier molecular flexibility index (Phi) is 1.62. The van der Waals surface area contributed by atoms with Gasteiger partial charge < -0.3 is 0 Å². The molecule has 0 N–H and O–H groups in total. The van der Waals surface area contributed by atoms with Gasteiger partial charge >= 0.3 is 0 Å². The van der Waals surface area contributed by atoms with Crippen molar-refractivity contribution >= 4 is 0 Å². The lowest BCUT2D eigenvalue weighted by atomic mass is 10.4. The maximum absolute atomic E-state index is 4.01. The third kappa shape index (κ3) is 1.36. The van der Waals surface area contributed by atoms with Gasteiger partial charge in [0.2, 0.25) is 0 Å². The van der Waals surface area contributed by atoms with Crippen LogP contribution in [0.25, 0.3) is 0 Å². The van der Waals surface area contributed by atoms with Crippen LogP contribution in [-0.4, -0.2) is 18.2 Å². The maximum Gasteiger partial charge on any atom is 0.144 e. The van der Waals surface area contributed by atoms with E-state index < -0.39 is 0 Å². The van der Waals surface area contributed by atoms with Crippen LogP contribution in [0, 0.1) is 0 Å². The van der Waals surface area contributed by atoms with E-state index in [0.717, 1.165) is 13.0 Å². The molecule has 0 aromatic rings. The maximum atomic E-state index is 4.01. The Morgan fingerprint density at radius 2 is 2.33 bits per heavy atom. The number of nitrogens with zero attached hydrogens (tertiary/aromatic N) is 3. The zero-order valence-corrected chi connectivity index (χ0v) is 5.91. The molecule has 3 nitrogen and oxygen atoms in total. The molecule has 3 heteroatoms. The van der Waals surface area contributed by atoms with Crippen molar-refractivity contribution in [1.82, 2.24) is 0 Å². The highest BCUT2D eigenvalue weighted by atomic mass is 15.7. The van der Waals surface area contributed by atoms with Gasteiger partial charge in [0.25, 0.3) is 0 Å². The minimum atomic E-state index is 0.622. The lowest BCUT2D eigenvalue weighted by Gasteiger charge is -2.15. The van der Waals surface area contributed by atoms with E-state index in [-0.39, 0.29) is 0 Å². The molecule has 1 heterocycles. The first-order valence-electron chi connectivity index (χ1n) is 3.22. The van der Waals surface area contributed by atoms with Crippen LogP contribution in [0.15, 0.2) is 22.7 Å². The summed E-state index contributed by atoms with van der Waals surface area (Å²) in [5.41, 5.74) is 0. The molecule has 0 spiro atoms. The molecule has 0 saturated heterocycles. The van der Waals surface area contributed by atoms with Gasteiger partial charge in [-0.25, -0.2) is 0 Å². The highest BCUT2D eigenvalue weighted by Gasteiger charge is 2.19. The van der Waals surface area contributed by atoms with Gasteiger partial charge in [0.05, 0.1) is 7.05 Å². The van der Waals surface area contributed by atoms with Crippen LogP contribution in [0.5, 0.6) is 0 Å². The minimum absolute atomic E-state index is 0.622. The van der Waals surface area contributed by atoms with Crippen molar-refractivity contribution in [2.45, 2.75) is 13.3 Å². The van der Waals surface area contributed by atoms with Crippen LogP contribution in [0.1, 0.15) is 13.3 Å². The van der Waals surface area contributed by atoms with E-state index in [1.807, 2.05) is 13.2 Å². The second-order valence-electron chi connectivity index (χ2n) is 2.44. The second-order valence-corrected chi connectivity index (χ2v) is 2.44. The van der Waals surface area contributed by atoms with Crippen molar-refractivity contribution in [3.05, 3.63) is 12.4 Å². The van der Waals surface area contributed by atoms with Crippen molar-refractivity contribution in [3.8, 4) is 0 Å². The van der Waals surface area contributed by atoms with Crippen LogP contribution >= 0.6 is 0 Å². The molecule has 0 aromatic heterocycles. The first-order chi connectivity index (χ1) is 4.27. The highest BCUT2D eigenvalue weighted by molar-refractivity contribution is 4.71. The molecule has 1 unspecified atom stereocenters. The molecule has 0 aliphatic carbocycles. The fraction of sp³-hybridized carbons (Fsp3) is 0.667. The Bertz CT molecular complexity index is 136. The summed E-state index contributed by atoms with van der Waals surface area (Å²) in [7, 11) is 2.04. The van der Waals surface area contributed by atoms with Gasteiger partial charge in [-0.2, -0.15) is 4.59 Å². The summed E-state index contributed by atoms with van der Waals surface area (Å²) in [6.45, 7) is 3.19. The van der Waals surface area contributed by atoms with Crippen molar-refractivity contribution in [2.24, 2.45) is 10.3 Å². The Morgan fingerprint density at radius 1 is 1.56 bits per heavy atom. The lowest BCUT2D eigenvalue weighted by Crippen LogP contribution is -2.30. The zero-order chi connectivity index (χ0) is 6.74. The molecule has 0 bridgehead atoms. The first kappa shape index (κ1) is 6.42. The average Bonchev–Trinajstić information content (AvgIpc) is 2.16. The Balaban J connectivity index is 2.53. The molecule has 50 valence electrons. The van der Waals surface area contributed by atoms with E-state index in [9.17, 15) is 0 Å². The van der Waals surface area contributed by atoms with Gasteiger partial charge in [-0.1, -0.05) is 6.92 Å². The van der Waals surface area contributed by atoms with E-state index in [0.29, 0.717) is 4.59 Å². The molecule has 1 atom stereocenters. The molecule has 1 aliphatic heterocycles. The van der Waals surface area contributed by atoms with E-state index in [1.54, 1.807) is 6.20 Å². The van der Waals surface area contributed by atoms with Gasteiger partial charge in [0.1, 0.15) is 18.9 Å². The fourth-order valence-electron chi connectivity index (χ4n) is 0.923. The van der Waals surface area contributed by atoms with Crippen LogP contribution in [0.3, 0.4) is 0 Å². The normalized spacial score (nSPS) is 31.8. The van der Waals surface area contributed by atoms with Gasteiger partial charge in [-0.05, 0) is 6.42 Å². The summed E-state index contributed by atoms with van der Waals surface area (Å²) >= 11 is 0. The molecule has 9 heavy (non-hydrogen) atoms. The van der Waals surface area contributed by atoms with Crippen molar-refractivity contribution in [1.29, 1.82) is 0 Å². The number of rotatable bonds is 2. The zero-order valence-electron chi connectivity index (χ0n) is 5.91. The van der Waals surface area contributed by atoms with Crippen molar-refractivity contribution in [2.75, 3.05) is 13.6 Å². The van der Waals surface area contributed by atoms with Crippen LogP contribution in [0.4, 0.5) is 0 Å². The summed E-state index contributed by atoms with van der Waals surface area (Å²) in [6.07, 6.45) is 4.87. The smallest absolute Gasteiger partial charge is 0.144 e. The van der Waals surface area contributed by atoms with Gasteiger partial charge in [-0.15, -0.1) is 5.11 Å². The average molecular weight is 126 g/mol. The molecule has 0 fully saturated rings. The molecule has 0 amide bonds. The van der Waals surface area contributed by atoms with E-state index in [2.05, 4.69) is 17.3 Å². The van der Waals surface area contributed by atoms with E-state index in [1.165, 1.54) is 0 Å². The SMILES string of the molecule is CCC[N+]1(C)C=CN=N1. The summed E-state index contributed by atoms with van der Waals surface area (Å²) in [5, 5.41) is 7.78. The number of hydrogen-bond acceptors (Lipinski definition) is 2. The Hall–Kier alpha value is -0.700. The molecular weight excluding hydrogens is 114 g/mol. The topological polar surface area (TPSA) is 24.7 Å². The summed E-state index contributed by atoms with van der Waals surface area (Å²) in [6, 6.07) is 0. The third-order valence-corrected chi connectivity index (χ3v) is 1.39. The predicted molar refractivity (Wildman–Crippen MR) is 35.3 cm³/mol. The molecule has 1 aliphatic rings. The van der Waals surface area contributed by atoms with Crippen molar-refractivity contribution < 1.29 is 4.59 Å². The standard InChI is InChI=1S/C6H12N3/c1-3-5-9(2)6-4-7-8-9/h4,6H,3,5H2,1-2H3/q+1. The van der Waals surface area contributed by atoms with Gasteiger partial charge in [0, 0.05) is 5.22 Å². The monoisotopic (exact) mass is 126 g/mol. The summed E-state index contributed by atoms with van der Waals surface area (Å²) in [4.78, 5) is 0. The Labute approximate surface area is 55.3 Å². The van der Waals surface area contributed by atoms with E-state index >= 15 is 0 Å². The largest absolute Gasteiger partial charge is 0.154 e.